The van der Waals surface area contributed by atoms with Crippen molar-refractivity contribution in [2.45, 2.75) is 78.6 Å². The fourth-order valence-corrected chi connectivity index (χ4v) is 6.13. The van der Waals surface area contributed by atoms with E-state index in [1.807, 2.05) is 39.0 Å². The predicted octanol–water partition coefficient (Wildman–Crippen LogP) is 7.49. The molecule has 0 saturated heterocycles. The summed E-state index contributed by atoms with van der Waals surface area (Å²) in [7, 11) is 1.57. The SMILES string of the molecule is COCCN(Cc1ccc(-c2cc3nccc(Oc4ccc(NC(=O)NC5CC5)cc4F)c3s2)nc1)C(=O)C(NC(=O)OC(C)(C)C)C(C)(C)C. The van der Waals surface area contributed by atoms with Gasteiger partial charge in [0.15, 0.2) is 11.6 Å². The van der Waals surface area contributed by atoms with Gasteiger partial charge in [-0.2, -0.15) is 0 Å². The maximum atomic E-state index is 15.0. The van der Waals surface area contributed by atoms with Crippen molar-refractivity contribution in [3.63, 3.8) is 0 Å². The van der Waals surface area contributed by atoms with Crippen LogP contribution in [0.15, 0.2) is 54.9 Å². The molecule has 3 N–H and O–H groups in total. The van der Waals surface area contributed by atoms with Gasteiger partial charge >= 0.3 is 12.1 Å². The number of amides is 4. The van der Waals surface area contributed by atoms with Crippen LogP contribution in [0, 0.1) is 11.2 Å². The Kier molecular flexibility index (Phi) is 11.5. The summed E-state index contributed by atoms with van der Waals surface area (Å²) in [5.74, 6) is -0.444. The van der Waals surface area contributed by atoms with Gasteiger partial charge < -0.3 is 35.1 Å². The zero-order chi connectivity index (χ0) is 36.9. The maximum Gasteiger partial charge on any atom is 0.408 e. The lowest BCUT2D eigenvalue weighted by molar-refractivity contribution is -0.137. The standard InChI is InChI=1S/C37H45FN6O6S/c1-36(2,3)32(43-35(47)50-37(4,5)6)33(45)44(16-17-48-7)21-22-8-12-26(40-20-22)30-19-27-31(51-30)29(14-15-39-27)49-28-13-11-24(18-25(28)38)42-34(46)41-23-9-10-23/h8,11-15,18-20,23,32H,9-10,16-17,21H2,1-7H3,(H,43,47)(H2,41,42,46). The highest BCUT2D eigenvalue weighted by Crippen LogP contribution is 2.39. The van der Waals surface area contributed by atoms with E-state index < -0.39 is 29.0 Å². The van der Waals surface area contributed by atoms with Gasteiger partial charge in [-0.1, -0.05) is 26.8 Å². The van der Waals surface area contributed by atoms with E-state index in [0.717, 1.165) is 23.3 Å². The summed E-state index contributed by atoms with van der Waals surface area (Å²) < 4.78 is 32.4. The van der Waals surface area contributed by atoms with E-state index in [4.69, 9.17) is 14.2 Å². The first kappa shape index (κ1) is 37.4. The fourth-order valence-electron chi connectivity index (χ4n) is 5.09. The van der Waals surface area contributed by atoms with Crippen LogP contribution in [0.2, 0.25) is 0 Å². The second-order valence-corrected chi connectivity index (χ2v) is 15.6. The lowest BCUT2D eigenvalue weighted by atomic mass is 9.85. The molecule has 0 bridgehead atoms. The Bertz CT molecular complexity index is 1870. The van der Waals surface area contributed by atoms with Crippen LogP contribution in [0.1, 0.15) is 59.9 Å². The summed E-state index contributed by atoms with van der Waals surface area (Å²) in [5, 5.41) is 8.22. The monoisotopic (exact) mass is 720 g/mol. The Balaban J connectivity index is 1.30. The van der Waals surface area contributed by atoms with Crippen LogP contribution in [0.25, 0.3) is 20.8 Å². The molecule has 12 nitrogen and oxygen atoms in total. The molecule has 5 rings (SSSR count). The predicted molar refractivity (Wildman–Crippen MR) is 194 cm³/mol. The average molecular weight is 721 g/mol. The number of anilines is 1. The molecule has 0 aliphatic heterocycles. The lowest BCUT2D eigenvalue weighted by Gasteiger charge is -2.35. The molecule has 272 valence electrons. The molecular formula is C37H45FN6O6S. The van der Waals surface area contributed by atoms with E-state index >= 15 is 4.39 Å². The molecule has 0 spiro atoms. The molecule has 4 amide bonds. The number of methoxy groups -OCH3 is 1. The topological polar surface area (TPSA) is 144 Å². The molecule has 3 aromatic heterocycles. The first-order chi connectivity index (χ1) is 24.1. The van der Waals surface area contributed by atoms with Crippen molar-refractivity contribution in [2.24, 2.45) is 5.41 Å². The summed E-state index contributed by atoms with van der Waals surface area (Å²) in [5.41, 5.74) is 1.15. The molecule has 1 aliphatic rings. The van der Waals surface area contributed by atoms with E-state index in [1.54, 1.807) is 57.3 Å². The number of carbonyl (C=O) groups is 3. The highest BCUT2D eigenvalue weighted by Gasteiger charge is 2.37. The number of benzene rings is 1. The molecule has 1 aromatic carbocycles. The van der Waals surface area contributed by atoms with Crippen molar-refractivity contribution >= 4 is 45.3 Å². The zero-order valence-electron chi connectivity index (χ0n) is 30.0. The number of nitrogens with zero attached hydrogens (tertiary/aromatic N) is 3. The Morgan fingerprint density at radius 2 is 1.78 bits per heavy atom. The van der Waals surface area contributed by atoms with E-state index in [2.05, 4.69) is 25.9 Å². The normalized spacial score (nSPS) is 13.7. The van der Waals surface area contributed by atoms with E-state index in [0.29, 0.717) is 40.5 Å². The van der Waals surface area contributed by atoms with E-state index in [9.17, 15) is 14.4 Å². The second-order valence-electron chi connectivity index (χ2n) is 14.5. The minimum atomic E-state index is -0.847. The molecule has 3 heterocycles. The average Bonchev–Trinajstić information content (AvgIpc) is 3.75. The highest BCUT2D eigenvalue weighted by molar-refractivity contribution is 7.22. The number of thiophene rings is 1. The summed E-state index contributed by atoms with van der Waals surface area (Å²) in [6.45, 7) is 11.8. The highest BCUT2D eigenvalue weighted by atomic mass is 32.1. The van der Waals surface area contributed by atoms with Crippen LogP contribution in [0.4, 0.5) is 19.7 Å². The van der Waals surface area contributed by atoms with Crippen molar-refractivity contribution in [3.8, 4) is 22.1 Å². The van der Waals surface area contributed by atoms with Gasteiger partial charge in [-0.15, -0.1) is 11.3 Å². The molecule has 0 radical (unpaired) electrons. The number of rotatable bonds is 12. The van der Waals surface area contributed by atoms with Crippen LogP contribution in [0.3, 0.4) is 0 Å². The number of aromatic nitrogens is 2. The number of alkyl carbamates (subject to hydrolysis) is 1. The number of ether oxygens (including phenoxy) is 3. The van der Waals surface area contributed by atoms with Gasteiger partial charge in [0.25, 0.3) is 0 Å². The van der Waals surface area contributed by atoms with Crippen molar-refractivity contribution in [1.82, 2.24) is 25.5 Å². The second kappa shape index (κ2) is 15.6. The molecule has 1 aliphatic carbocycles. The van der Waals surface area contributed by atoms with Gasteiger partial charge in [-0.05, 0) is 68.9 Å². The van der Waals surface area contributed by atoms with Crippen LogP contribution >= 0.6 is 11.3 Å². The molecule has 1 unspecified atom stereocenters. The third-order valence-corrected chi connectivity index (χ3v) is 8.96. The number of halogens is 1. The third-order valence-electron chi connectivity index (χ3n) is 7.80. The molecule has 14 heteroatoms. The van der Waals surface area contributed by atoms with Crippen molar-refractivity contribution in [3.05, 3.63) is 66.2 Å². The van der Waals surface area contributed by atoms with Crippen molar-refractivity contribution in [1.29, 1.82) is 0 Å². The van der Waals surface area contributed by atoms with Gasteiger partial charge in [-0.25, -0.2) is 14.0 Å². The van der Waals surface area contributed by atoms with Crippen molar-refractivity contribution in [2.75, 3.05) is 25.6 Å². The first-order valence-corrected chi connectivity index (χ1v) is 17.6. The van der Waals surface area contributed by atoms with Gasteiger partial charge in [0, 0.05) is 56.5 Å². The minimum absolute atomic E-state index is 0.00986. The largest absolute Gasteiger partial charge is 0.453 e. The summed E-state index contributed by atoms with van der Waals surface area (Å²) >= 11 is 1.41. The number of hydrogen-bond acceptors (Lipinski definition) is 9. The Labute approximate surface area is 301 Å². The third kappa shape index (κ3) is 10.4. The fraction of sp³-hybridized carbons (Fsp3) is 0.432. The smallest absolute Gasteiger partial charge is 0.408 e. The molecule has 4 aromatic rings. The number of hydrogen-bond donors (Lipinski definition) is 3. The van der Waals surface area contributed by atoms with Gasteiger partial charge in [-0.3, -0.25) is 14.8 Å². The number of urea groups is 1. The Hall–Kier alpha value is -4.82. The van der Waals surface area contributed by atoms with Gasteiger partial charge in [0.1, 0.15) is 17.4 Å². The van der Waals surface area contributed by atoms with E-state index in [1.165, 1.54) is 23.5 Å². The lowest BCUT2D eigenvalue weighted by Crippen LogP contribution is -2.55. The van der Waals surface area contributed by atoms with Crippen LogP contribution in [0.5, 0.6) is 11.5 Å². The number of pyridine rings is 2. The van der Waals surface area contributed by atoms with Crippen LogP contribution < -0.4 is 20.7 Å². The number of nitrogens with one attached hydrogen (secondary N) is 3. The number of carbonyl (C=O) groups excluding carboxylic acids is 3. The van der Waals surface area contributed by atoms with Crippen LogP contribution in [-0.4, -0.2) is 70.8 Å². The Morgan fingerprint density at radius 1 is 1.02 bits per heavy atom. The minimum Gasteiger partial charge on any atom is -0.453 e. The van der Waals surface area contributed by atoms with Gasteiger partial charge in [0.05, 0.1) is 27.4 Å². The number of fused-ring (bicyclic) bond motifs is 1. The molecule has 1 atom stereocenters. The van der Waals surface area contributed by atoms with Crippen LogP contribution in [-0.2, 0) is 20.8 Å². The summed E-state index contributed by atoms with van der Waals surface area (Å²) in [6.07, 6.45) is 4.54. The Morgan fingerprint density at radius 3 is 2.41 bits per heavy atom. The molecular weight excluding hydrogens is 676 g/mol. The van der Waals surface area contributed by atoms with Gasteiger partial charge in [0.2, 0.25) is 5.91 Å². The quantitative estimate of drug-likeness (QED) is 0.137. The summed E-state index contributed by atoms with van der Waals surface area (Å²) in [6, 6.07) is 10.6. The maximum absolute atomic E-state index is 15.0. The first-order valence-electron chi connectivity index (χ1n) is 16.8. The van der Waals surface area contributed by atoms with Crippen molar-refractivity contribution < 1.29 is 33.0 Å². The summed E-state index contributed by atoms with van der Waals surface area (Å²) in [4.78, 5) is 50.2. The molecule has 51 heavy (non-hydrogen) atoms. The zero-order valence-corrected chi connectivity index (χ0v) is 30.8. The van der Waals surface area contributed by atoms with E-state index in [-0.39, 0.29) is 30.3 Å². The molecule has 1 fully saturated rings. The molecule has 1 saturated carbocycles.